The van der Waals surface area contributed by atoms with Crippen LogP contribution < -0.4 is 15.4 Å². The number of pyridine rings is 1. The number of nitrogens with zero attached hydrogens (tertiary/aromatic N) is 2. The predicted molar refractivity (Wildman–Crippen MR) is 117 cm³/mol. The van der Waals surface area contributed by atoms with Gasteiger partial charge in [-0.3, -0.25) is 9.59 Å². The van der Waals surface area contributed by atoms with Gasteiger partial charge in [-0.15, -0.1) is 24.9 Å². The molecule has 0 aliphatic carbocycles. The van der Waals surface area contributed by atoms with E-state index in [1.807, 2.05) is 6.92 Å². The van der Waals surface area contributed by atoms with Gasteiger partial charge in [-0.2, -0.15) is 4.98 Å². The van der Waals surface area contributed by atoms with E-state index in [-0.39, 0.29) is 22.7 Å². The van der Waals surface area contributed by atoms with E-state index in [1.54, 1.807) is 0 Å². The van der Waals surface area contributed by atoms with Crippen LogP contribution in [0, 0.1) is 11.8 Å². The maximum absolute atomic E-state index is 12.6. The minimum Gasteiger partial charge on any atom is -0.477 e. The highest BCUT2D eigenvalue weighted by molar-refractivity contribution is 8.03. The summed E-state index contributed by atoms with van der Waals surface area (Å²) in [6, 6.07) is 2.48. The Hall–Kier alpha value is -2.84. The van der Waals surface area contributed by atoms with Crippen LogP contribution in [-0.2, 0) is 14.4 Å². The van der Waals surface area contributed by atoms with Crippen molar-refractivity contribution in [1.29, 1.82) is 0 Å². The highest BCUT2D eigenvalue weighted by atomic mass is 32.2. The van der Waals surface area contributed by atoms with Crippen LogP contribution in [-0.4, -0.2) is 74.2 Å². The Balaban J connectivity index is 1.40. The van der Waals surface area contributed by atoms with Crippen LogP contribution in [0.4, 0.5) is 19.0 Å². The molecule has 0 spiro atoms. The maximum Gasteiger partial charge on any atom is 0.574 e. The average Bonchev–Trinajstić information content (AvgIpc) is 3.29. The Bertz CT molecular complexity index is 1080. The van der Waals surface area contributed by atoms with Crippen molar-refractivity contribution in [2.24, 2.45) is 11.8 Å². The van der Waals surface area contributed by atoms with Crippen molar-refractivity contribution in [2.75, 3.05) is 11.9 Å². The molecule has 1 aromatic rings. The molecule has 10 nitrogen and oxygen atoms in total. The number of rotatable bonds is 7. The molecular weight excluding hydrogens is 493 g/mol. The zero-order valence-electron chi connectivity index (χ0n) is 18.6. The summed E-state index contributed by atoms with van der Waals surface area (Å²) < 4.78 is 40.9. The molecule has 2 fully saturated rings. The highest BCUT2D eigenvalue weighted by Gasteiger charge is 2.60. The SMILES string of the molecule is C[C@@H](O)[C@H]1C(=O)N2C(C(=O)O)=C(S[C@@H]3CN[C@H](C(=O)Nc4cccc(OC(F)(F)F)n4)C3)[C@H](C)[C@H]12. The fourth-order valence-corrected chi connectivity index (χ4v) is 6.20. The highest BCUT2D eigenvalue weighted by Crippen LogP contribution is 2.51. The second-order valence-corrected chi connectivity index (χ2v) is 9.95. The monoisotopic (exact) mass is 516 g/mol. The van der Waals surface area contributed by atoms with Gasteiger partial charge in [0.25, 0.3) is 0 Å². The van der Waals surface area contributed by atoms with Crippen molar-refractivity contribution in [2.45, 2.75) is 50.1 Å². The smallest absolute Gasteiger partial charge is 0.477 e. The van der Waals surface area contributed by atoms with E-state index in [1.165, 1.54) is 35.7 Å². The van der Waals surface area contributed by atoms with Crippen molar-refractivity contribution in [3.05, 3.63) is 28.8 Å². The van der Waals surface area contributed by atoms with Crippen molar-refractivity contribution in [3.63, 3.8) is 0 Å². The summed E-state index contributed by atoms with van der Waals surface area (Å²) in [5, 5.41) is 25.0. The number of aliphatic hydroxyl groups is 1. The van der Waals surface area contributed by atoms with Crippen molar-refractivity contribution in [3.8, 4) is 5.88 Å². The van der Waals surface area contributed by atoms with Crippen LogP contribution in [0.25, 0.3) is 0 Å². The first-order chi connectivity index (χ1) is 16.4. The number of halogens is 3. The number of thioether (sulfide) groups is 1. The lowest BCUT2D eigenvalue weighted by Crippen LogP contribution is -2.63. The molecule has 3 aliphatic rings. The van der Waals surface area contributed by atoms with Gasteiger partial charge in [0.15, 0.2) is 0 Å². The fraction of sp³-hybridized carbons (Fsp3) is 0.524. The van der Waals surface area contributed by atoms with Gasteiger partial charge in [0.05, 0.1) is 24.1 Å². The van der Waals surface area contributed by atoms with Gasteiger partial charge >= 0.3 is 12.3 Å². The average molecular weight is 516 g/mol. The molecular formula is C21H23F3N4O6S. The Morgan fingerprint density at radius 3 is 2.71 bits per heavy atom. The lowest BCUT2D eigenvalue weighted by molar-refractivity contribution is -0.276. The largest absolute Gasteiger partial charge is 0.574 e. The zero-order chi connectivity index (χ0) is 25.7. The number of β-lactam (4-membered cyclic amide) rings is 1. The summed E-state index contributed by atoms with van der Waals surface area (Å²) in [5.41, 5.74) is -0.0898. The van der Waals surface area contributed by atoms with E-state index in [2.05, 4.69) is 20.4 Å². The Kier molecular flexibility index (Phi) is 6.72. The van der Waals surface area contributed by atoms with E-state index < -0.39 is 54.1 Å². The number of alkyl halides is 3. The number of ether oxygens (including phenoxy) is 1. The van der Waals surface area contributed by atoms with Gasteiger partial charge in [-0.1, -0.05) is 13.0 Å². The number of amides is 2. The van der Waals surface area contributed by atoms with Crippen LogP contribution in [0.2, 0.25) is 0 Å². The summed E-state index contributed by atoms with van der Waals surface area (Å²) in [5.74, 6) is -3.94. The summed E-state index contributed by atoms with van der Waals surface area (Å²) >= 11 is 1.28. The molecule has 6 atom stereocenters. The minimum atomic E-state index is -4.91. The quantitative estimate of drug-likeness (QED) is 0.397. The van der Waals surface area contributed by atoms with Crippen LogP contribution >= 0.6 is 11.8 Å². The van der Waals surface area contributed by atoms with E-state index >= 15 is 0 Å². The summed E-state index contributed by atoms with van der Waals surface area (Å²) in [7, 11) is 0. The molecule has 190 valence electrons. The normalized spacial score (nSPS) is 29.0. The molecule has 0 unspecified atom stereocenters. The summed E-state index contributed by atoms with van der Waals surface area (Å²) in [4.78, 5) is 42.4. The molecule has 14 heteroatoms. The first-order valence-electron chi connectivity index (χ1n) is 10.8. The number of carbonyl (C=O) groups excluding carboxylic acids is 2. The number of nitrogens with one attached hydrogen (secondary N) is 2. The van der Waals surface area contributed by atoms with E-state index in [0.717, 1.165) is 6.07 Å². The molecule has 2 amide bonds. The molecule has 3 aliphatic heterocycles. The van der Waals surface area contributed by atoms with Crippen LogP contribution in [0.1, 0.15) is 20.3 Å². The van der Waals surface area contributed by atoms with Gasteiger partial charge in [0.1, 0.15) is 11.5 Å². The molecule has 1 aromatic heterocycles. The van der Waals surface area contributed by atoms with Gasteiger partial charge in [0, 0.05) is 28.7 Å². The lowest BCUT2D eigenvalue weighted by Gasteiger charge is -2.46. The second kappa shape index (κ2) is 9.32. The number of fused-ring (bicyclic) bond motifs is 1. The Labute approximate surface area is 201 Å². The molecule has 35 heavy (non-hydrogen) atoms. The molecule has 0 radical (unpaired) electrons. The number of carbonyl (C=O) groups is 3. The third-order valence-corrected chi connectivity index (χ3v) is 7.72. The number of aliphatic carboxylic acids is 1. The third-order valence-electron chi connectivity index (χ3n) is 6.21. The van der Waals surface area contributed by atoms with Crippen molar-refractivity contribution < 1.29 is 42.5 Å². The summed E-state index contributed by atoms with van der Waals surface area (Å²) in [6.07, 6.45) is -5.50. The first-order valence-corrected chi connectivity index (χ1v) is 11.7. The molecule has 4 heterocycles. The second-order valence-electron chi connectivity index (χ2n) is 8.61. The number of hydrogen-bond donors (Lipinski definition) is 4. The molecule has 2 saturated heterocycles. The topological polar surface area (TPSA) is 141 Å². The third kappa shape index (κ3) is 4.95. The Morgan fingerprint density at radius 1 is 1.37 bits per heavy atom. The maximum atomic E-state index is 12.6. The molecule has 0 aromatic carbocycles. The minimum absolute atomic E-state index is 0.0898. The van der Waals surface area contributed by atoms with E-state index in [0.29, 0.717) is 17.9 Å². The van der Waals surface area contributed by atoms with Gasteiger partial charge in [-0.25, -0.2) is 4.79 Å². The van der Waals surface area contributed by atoms with Gasteiger partial charge in [-0.05, 0) is 19.4 Å². The molecule has 0 bridgehead atoms. The van der Waals surface area contributed by atoms with E-state index in [9.17, 15) is 37.8 Å². The first kappa shape index (κ1) is 25.3. The van der Waals surface area contributed by atoms with Gasteiger partial charge in [0.2, 0.25) is 17.7 Å². The van der Waals surface area contributed by atoms with Gasteiger partial charge < -0.3 is 30.5 Å². The van der Waals surface area contributed by atoms with Crippen LogP contribution in [0.3, 0.4) is 0 Å². The standard InChI is InChI=1S/C21H23F3N4O6S/c1-8-15-14(9(2)29)19(31)28(15)16(20(32)33)17(8)35-10-6-11(25-7-10)18(30)27-12-4-3-5-13(26-12)34-21(22,23)24/h3-5,8-11,14-15,25,29H,6-7H2,1-2H3,(H,32,33)(H,26,27,30)/t8-,9-,10+,11+,14-,15-/m1/s1. The number of carboxylic acids is 1. The fourth-order valence-electron chi connectivity index (χ4n) is 4.72. The van der Waals surface area contributed by atoms with E-state index in [4.69, 9.17) is 0 Å². The lowest BCUT2D eigenvalue weighted by atomic mass is 9.79. The van der Waals surface area contributed by atoms with Crippen LogP contribution in [0.5, 0.6) is 5.88 Å². The summed E-state index contributed by atoms with van der Waals surface area (Å²) in [6.45, 7) is 3.68. The number of carboxylic acid groups (broad SMARTS) is 1. The predicted octanol–water partition coefficient (Wildman–Crippen LogP) is 1.54. The van der Waals surface area contributed by atoms with Crippen LogP contribution in [0.15, 0.2) is 28.8 Å². The van der Waals surface area contributed by atoms with Crippen molar-refractivity contribution in [1.82, 2.24) is 15.2 Å². The Morgan fingerprint density at radius 2 is 2.09 bits per heavy atom. The number of aliphatic hydroxyl groups excluding tert-OH is 1. The molecule has 4 rings (SSSR count). The van der Waals surface area contributed by atoms with Crippen molar-refractivity contribution >= 4 is 35.4 Å². The molecule has 0 saturated carbocycles. The number of anilines is 1. The number of hydrogen-bond acceptors (Lipinski definition) is 8. The number of aromatic nitrogens is 1. The zero-order valence-corrected chi connectivity index (χ0v) is 19.4. The molecule has 4 N–H and O–H groups in total.